The van der Waals surface area contributed by atoms with Crippen LogP contribution >= 0.6 is 0 Å². The molecular weight excluding hydrogens is 248 g/mol. The largest absolute Gasteiger partial charge is 0.379 e. The van der Waals surface area contributed by atoms with Crippen LogP contribution in [0.15, 0.2) is 24.3 Å². The maximum atomic E-state index is 5.43. The molecule has 0 atom stereocenters. The monoisotopic (exact) mass is 276 g/mol. The summed E-state index contributed by atoms with van der Waals surface area (Å²) < 4.78 is 5.43. The van der Waals surface area contributed by atoms with Crippen LogP contribution in [0.5, 0.6) is 0 Å². The van der Waals surface area contributed by atoms with E-state index in [1.54, 1.807) is 0 Å². The Balaban J connectivity index is 1.78. The molecule has 1 aromatic carbocycles. The Morgan fingerprint density at radius 1 is 1.10 bits per heavy atom. The van der Waals surface area contributed by atoms with Crippen LogP contribution in [0.3, 0.4) is 0 Å². The van der Waals surface area contributed by atoms with Crippen molar-refractivity contribution in [1.82, 2.24) is 10.2 Å². The van der Waals surface area contributed by atoms with Crippen molar-refractivity contribution in [2.24, 2.45) is 0 Å². The number of benzene rings is 1. The standard InChI is InChI=1S/C17H28N2O/c1-4-15-5-7-16(8-6-15)13-18-14-17(2,3)19-9-11-20-12-10-19/h5-8,18H,4,9-14H2,1-3H3. The van der Waals surface area contributed by atoms with Crippen LogP contribution in [-0.2, 0) is 17.7 Å². The van der Waals surface area contributed by atoms with E-state index in [0.717, 1.165) is 45.8 Å². The van der Waals surface area contributed by atoms with Crippen LogP contribution in [-0.4, -0.2) is 43.3 Å². The fourth-order valence-electron chi connectivity index (χ4n) is 2.69. The lowest BCUT2D eigenvalue weighted by Gasteiger charge is -2.41. The summed E-state index contributed by atoms with van der Waals surface area (Å²) in [6.45, 7) is 12.6. The van der Waals surface area contributed by atoms with Gasteiger partial charge in [-0.25, -0.2) is 0 Å². The summed E-state index contributed by atoms with van der Waals surface area (Å²) in [5, 5.41) is 3.59. The van der Waals surface area contributed by atoms with Crippen LogP contribution in [0.1, 0.15) is 31.9 Å². The van der Waals surface area contributed by atoms with Gasteiger partial charge in [-0.3, -0.25) is 4.90 Å². The van der Waals surface area contributed by atoms with Gasteiger partial charge in [-0.1, -0.05) is 31.2 Å². The third-order valence-corrected chi connectivity index (χ3v) is 4.19. The Labute approximate surface area is 123 Å². The first-order chi connectivity index (χ1) is 9.62. The van der Waals surface area contributed by atoms with Crippen molar-refractivity contribution in [3.05, 3.63) is 35.4 Å². The smallest absolute Gasteiger partial charge is 0.0594 e. The summed E-state index contributed by atoms with van der Waals surface area (Å²) in [5.41, 5.74) is 2.95. The molecule has 1 heterocycles. The van der Waals surface area contributed by atoms with Crippen LogP contribution in [0, 0.1) is 0 Å². The minimum Gasteiger partial charge on any atom is -0.379 e. The van der Waals surface area contributed by atoms with Gasteiger partial charge < -0.3 is 10.1 Å². The first-order valence-corrected chi connectivity index (χ1v) is 7.73. The molecule has 0 aliphatic carbocycles. The zero-order valence-corrected chi connectivity index (χ0v) is 13.1. The third kappa shape index (κ3) is 4.30. The molecule has 1 aliphatic heterocycles. The fourth-order valence-corrected chi connectivity index (χ4v) is 2.69. The normalized spacial score (nSPS) is 17.4. The molecule has 0 bridgehead atoms. The van der Waals surface area contributed by atoms with Gasteiger partial charge in [-0.15, -0.1) is 0 Å². The topological polar surface area (TPSA) is 24.5 Å². The van der Waals surface area contributed by atoms with Crippen LogP contribution in [0.2, 0.25) is 0 Å². The number of aryl methyl sites for hydroxylation is 1. The van der Waals surface area contributed by atoms with Gasteiger partial charge in [-0.05, 0) is 31.4 Å². The molecule has 20 heavy (non-hydrogen) atoms. The molecule has 1 saturated heterocycles. The Bertz CT molecular complexity index is 394. The van der Waals surface area contributed by atoms with E-state index in [-0.39, 0.29) is 5.54 Å². The molecule has 1 aromatic rings. The molecule has 3 nitrogen and oxygen atoms in total. The van der Waals surface area contributed by atoms with E-state index >= 15 is 0 Å². The van der Waals surface area contributed by atoms with E-state index in [1.165, 1.54) is 11.1 Å². The average molecular weight is 276 g/mol. The summed E-state index contributed by atoms with van der Waals surface area (Å²) in [5.74, 6) is 0. The first-order valence-electron chi connectivity index (χ1n) is 7.73. The fraction of sp³-hybridized carbons (Fsp3) is 0.647. The molecule has 0 spiro atoms. The Hall–Kier alpha value is -0.900. The highest BCUT2D eigenvalue weighted by Gasteiger charge is 2.27. The molecule has 3 heteroatoms. The number of hydrogen-bond donors (Lipinski definition) is 1. The van der Waals surface area contributed by atoms with E-state index in [9.17, 15) is 0 Å². The van der Waals surface area contributed by atoms with Gasteiger partial charge >= 0.3 is 0 Å². The third-order valence-electron chi connectivity index (χ3n) is 4.19. The predicted molar refractivity (Wildman–Crippen MR) is 84.0 cm³/mol. The maximum Gasteiger partial charge on any atom is 0.0594 e. The van der Waals surface area contributed by atoms with Gasteiger partial charge in [0, 0.05) is 31.7 Å². The number of nitrogens with zero attached hydrogens (tertiary/aromatic N) is 1. The zero-order chi connectivity index (χ0) is 14.4. The summed E-state index contributed by atoms with van der Waals surface area (Å²) >= 11 is 0. The van der Waals surface area contributed by atoms with Gasteiger partial charge in [0.05, 0.1) is 13.2 Å². The highest BCUT2D eigenvalue weighted by atomic mass is 16.5. The zero-order valence-electron chi connectivity index (χ0n) is 13.1. The average Bonchev–Trinajstić information content (AvgIpc) is 2.49. The number of nitrogens with one attached hydrogen (secondary N) is 1. The van der Waals surface area contributed by atoms with Crippen molar-refractivity contribution in [3.8, 4) is 0 Å². The molecule has 1 fully saturated rings. The lowest BCUT2D eigenvalue weighted by Crippen LogP contribution is -2.54. The number of morpholine rings is 1. The van der Waals surface area contributed by atoms with Crippen LogP contribution in [0.4, 0.5) is 0 Å². The molecule has 2 rings (SSSR count). The molecule has 1 aliphatic rings. The van der Waals surface area contributed by atoms with Gasteiger partial charge in [0.1, 0.15) is 0 Å². The second-order valence-corrected chi connectivity index (χ2v) is 6.19. The summed E-state index contributed by atoms with van der Waals surface area (Å²) in [6.07, 6.45) is 1.11. The van der Waals surface area contributed by atoms with E-state index in [2.05, 4.69) is 55.3 Å². The van der Waals surface area contributed by atoms with Gasteiger partial charge in [0.25, 0.3) is 0 Å². The number of ether oxygens (including phenoxy) is 1. The van der Waals surface area contributed by atoms with E-state index < -0.39 is 0 Å². The highest BCUT2D eigenvalue weighted by Crippen LogP contribution is 2.15. The second-order valence-electron chi connectivity index (χ2n) is 6.19. The summed E-state index contributed by atoms with van der Waals surface area (Å²) in [7, 11) is 0. The molecule has 0 saturated carbocycles. The Kier molecular flexibility index (Phi) is 5.58. The Morgan fingerprint density at radius 2 is 1.70 bits per heavy atom. The van der Waals surface area contributed by atoms with E-state index in [0.29, 0.717) is 0 Å². The van der Waals surface area contributed by atoms with E-state index in [4.69, 9.17) is 4.74 Å². The molecular formula is C17H28N2O. The van der Waals surface area contributed by atoms with Crippen LogP contribution in [0.25, 0.3) is 0 Å². The van der Waals surface area contributed by atoms with Gasteiger partial charge in [-0.2, -0.15) is 0 Å². The molecule has 0 aromatic heterocycles. The van der Waals surface area contributed by atoms with E-state index in [1.807, 2.05) is 0 Å². The van der Waals surface area contributed by atoms with Gasteiger partial charge in [0.2, 0.25) is 0 Å². The maximum absolute atomic E-state index is 5.43. The molecule has 112 valence electrons. The SMILES string of the molecule is CCc1ccc(CNCC(C)(C)N2CCOCC2)cc1. The lowest BCUT2D eigenvalue weighted by atomic mass is 10.0. The first kappa shape index (κ1) is 15.5. The number of rotatable bonds is 6. The predicted octanol–water partition coefficient (Wildman–Crippen LogP) is 2.45. The molecule has 0 unspecified atom stereocenters. The highest BCUT2D eigenvalue weighted by molar-refractivity contribution is 5.22. The second kappa shape index (κ2) is 7.21. The van der Waals surface area contributed by atoms with Crippen molar-refractivity contribution in [1.29, 1.82) is 0 Å². The molecule has 0 amide bonds. The Morgan fingerprint density at radius 3 is 2.30 bits per heavy atom. The minimum absolute atomic E-state index is 0.188. The molecule has 0 radical (unpaired) electrons. The van der Waals surface area contributed by atoms with Gasteiger partial charge in [0.15, 0.2) is 0 Å². The minimum atomic E-state index is 0.188. The summed E-state index contributed by atoms with van der Waals surface area (Å²) in [4.78, 5) is 2.52. The van der Waals surface area contributed by atoms with Crippen molar-refractivity contribution in [3.63, 3.8) is 0 Å². The quantitative estimate of drug-likeness (QED) is 0.864. The molecule has 1 N–H and O–H groups in total. The lowest BCUT2D eigenvalue weighted by molar-refractivity contribution is -0.00966. The van der Waals surface area contributed by atoms with Crippen molar-refractivity contribution < 1.29 is 4.74 Å². The van der Waals surface area contributed by atoms with Crippen molar-refractivity contribution in [2.45, 2.75) is 39.3 Å². The van der Waals surface area contributed by atoms with Crippen LogP contribution < -0.4 is 5.32 Å². The van der Waals surface area contributed by atoms with Crippen molar-refractivity contribution >= 4 is 0 Å². The number of hydrogen-bond acceptors (Lipinski definition) is 3. The van der Waals surface area contributed by atoms with Crippen molar-refractivity contribution in [2.75, 3.05) is 32.8 Å². The summed E-state index contributed by atoms with van der Waals surface area (Å²) in [6, 6.07) is 8.91.